The third kappa shape index (κ3) is 4.85. The van der Waals surface area contributed by atoms with Gasteiger partial charge in [0.2, 0.25) is 11.9 Å². The zero-order valence-electron chi connectivity index (χ0n) is 21.5. The van der Waals surface area contributed by atoms with E-state index in [-0.39, 0.29) is 5.91 Å². The van der Waals surface area contributed by atoms with Gasteiger partial charge in [0.25, 0.3) is 0 Å². The summed E-state index contributed by atoms with van der Waals surface area (Å²) in [6.07, 6.45) is 6.81. The number of benzene rings is 1. The fourth-order valence-corrected chi connectivity index (χ4v) is 4.51. The second kappa shape index (κ2) is 9.94. The first-order valence-corrected chi connectivity index (χ1v) is 12.1. The van der Waals surface area contributed by atoms with E-state index in [0.29, 0.717) is 23.1 Å². The molecule has 4 heterocycles. The Labute approximate surface area is 215 Å². The number of piperazine rings is 1. The lowest BCUT2D eigenvalue weighted by molar-refractivity contribution is -0.111. The third-order valence-corrected chi connectivity index (χ3v) is 6.57. The van der Waals surface area contributed by atoms with Gasteiger partial charge in [-0.2, -0.15) is 5.10 Å². The molecule has 1 aliphatic rings. The number of nitrogens with zero attached hydrogens (tertiary/aromatic N) is 7. The molecule has 11 heteroatoms. The number of amides is 1. The molecule has 1 fully saturated rings. The second-order valence-corrected chi connectivity index (χ2v) is 9.17. The Morgan fingerprint density at radius 1 is 1.11 bits per heavy atom. The summed E-state index contributed by atoms with van der Waals surface area (Å²) in [5.41, 5.74) is 6.02. The molecule has 1 aromatic carbocycles. The van der Waals surface area contributed by atoms with E-state index in [1.54, 1.807) is 18.0 Å². The van der Waals surface area contributed by atoms with Crippen LogP contribution >= 0.6 is 0 Å². The number of anilines is 4. The first kappa shape index (κ1) is 24.3. The zero-order chi connectivity index (χ0) is 26.1. The highest BCUT2D eigenvalue weighted by molar-refractivity contribution is 6.02. The summed E-state index contributed by atoms with van der Waals surface area (Å²) in [6, 6.07) is 5.86. The van der Waals surface area contributed by atoms with E-state index >= 15 is 0 Å². The van der Waals surface area contributed by atoms with E-state index in [2.05, 4.69) is 50.2 Å². The van der Waals surface area contributed by atoms with Crippen molar-refractivity contribution in [2.24, 2.45) is 7.05 Å². The number of likely N-dealkylation sites (N-methyl/N-ethyl adjacent to an activating group) is 1. The first-order chi connectivity index (χ1) is 17.9. The number of ether oxygens (including phenoxy) is 1. The molecular weight excluding hydrogens is 470 g/mol. The van der Waals surface area contributed by atoms with Crippen LogP contribution in [0, 0.1) is 6.92 Å². The Kier molecular flexibility index (Phi) is 6.53. The van der Waals surface area contributed by atoms with Gasteiger partial charge in [-0.15, -0.1) is 5.10 Å². The molecule has 4 aromatic rings. The SMILES string of the molecule is C=CC(=O)Nc1cc(Nc2ncc3c(C)cc(-c4cnn(C)c4)n3n2)c(OC)cc1N1CCN(C)CC1. The van der Waals surface area contributed by atoms with Gasteiger partial charge in [0, 0.05) is 51.1 Å². The Bertz CT molecular complexity index is 1460. The number of rotatable bonds is 7. The summed E-state index contributed by atoms with van der Waals surface area (Å²) < 4.78 is 9.35. The number of nitrogens with one attached hydrogen (secondary N) is 2. The highest BCUT2D eigenvalue weighted by Gasteiger charge is 2.21. The van der Waals surface area contributed by atoms with E-state index in [4.69, 9.17) is 9.84 Å². The van der Waals surface area contributed by atoms with Crippen molar-refractivity contribution in [2.75, 3.05) is 55.9 Å². The van der Waals surface area contributed by atoms with Gasteiger partial charge in [-0.25, -0.2) is 9.50 Å². The number of carbonyl (C=O) groups excluding carboxylic acids is 1. The maximum absolute atomic E-state index is 12.3. The fraction of sp³-hybridized carbons (Fsp3) is 0.308. The van der Waals surface area contributed by atoms with Gasteiger partial charge in [-0.3, -0.25) is 9.48 Å². The molecule has 1 saturated heterocycles. The van der Waals surface area contributed by atoms with Crippen molar-refractivity contribution in [3.05, 3.63) is 55.0 Å². The summed E-state index contributed by atoms with van der Waals surface area (Å²) in [4.78, 5) is 21.3. The third-order valence-electron chi connectivity index (χ3n) is 6.57. The minimum Gasteiger partial charge on any atom is -0.494 e. The van der Waals surface area contributed by atoms with E-state index < -0.39 is 0 Å². The minimum absolute atomic E-state index is 0.284. The van der Waals surface area contributed by atoms with Crippen LogP contribution in [0.4, 0.5) is 23.0 Å². The number of hydrogen-bond donors (Lipinski definition) is 2. The molecule has 0 spiro atoms. The monoisotopic (exact) mass is 501 g/mol. The molecule has 37 heavy (non-hydrogen) atoms. The second-order valence-electron chi connectivity index (χ2n) is 9.17. The Balaban J connectivity index is 1.54. The van der Waals surface area contributed by atoms with Crippen LogP contribution in [0.25, 0.3) is 16.8 Å². The van der Waals surface area contributed by atoms with E-state index in [9.17, 15) is 4.79 Å². The molecule has 5 rings (SSSR count). The van der Waals surface area contributed by atoms with Crippen LogP contribution in [-0.4, -0.2) is 75.5 Å². The summed E-state index contributed by atoms with van der Waals surface area (Å²) in [5.74, 6) is 0.721. The molecule has 11 nitrogen and oxygen atoms in total. The summed E-state index contributed by atoms with van der Waals surface area (Å²) in [5, 5.41) is 15.3. The number of aromatic nitrogens is 5. The van der Waals surface area contributed by atoms with Gasteiger partial charge in [0.1, 0.15) is 5.75 Å². The predicted molar refractivity (Wildman–Crippen MR) is 145 cm³/mol. The minimum atomic E-state index is -0.284. The highest BCUT2D eigenvalue weighted by Crippen LogP contribution is 2.38. The van der Waals surface area contributed by atoms with Crippen molar-refractivity contribution in [3.8, 4) is 17.0 Å². The number of methoxy groups -OCH3 is 1. The quantitative estimate of drug-likeness (QED) is 0.373. The van der Waals surface area contributed by atoms with Crippen molar-refractivity contribution >= 4 is 34.4 Å². The highest BCUT2D eigenvalue weighted by atomic mass is 16.5. The molecule has 1 aliphatic heterocycles. The van der Waals surface area contributed by atoms with Crippen molar-refractivity contribution in [1.29, 1.82) is 0 Å². The average molecular weight is 502 g/mol. The number of aryl methyl sites for hydroxylation is 2. The number of carbonyl (C=O) groups is 1. The molecule has 0 unspecified atom stereocenters. The molecule has 0 radical (unpaired) electrons. The van der Waals surface area contributed by atoms with Crippen molar-refractivity contribution in [3.63, 3.8) is 0 Å². The Hall–Kier alpha value is -4.38. The zero-order valence-corrected chi connectivity index (χ0v) is 21.5. The number of fused-ring (bicyclic) bond motifs is 1. The van der Waals surface area contributed by atoms with Gasteiger partial charge < -0.3 is 25.2 Å². The topological polar surface area (TPSA) is 105 Å². The number of hydrogen-bond acceptors (Lipinski definition) is 8. The molecule has 192 valence electrons. The van der Waals surface area contributed by atoms with Crippen LogP contribution in [0.3, 0.4) is 0 Å². The Morgan fingerprint density at radius 2 is 1.89 bits per heavy atom. The van der Waals surface area contributed by atoms with Gasteiger partial charge in [0.15, 0.2) is 0 Å². The molecule has 2 N–H and O–H groups in total. The molecule has 0 bridgehead atoms. The van der Waals surface area contributed by atoms with Crippen molar-refractivity contribution in [1.82, 2.24) is 29.3 Å². The van der Waals surface area contributed by atoms with Gasteiger partial charge in [-0.1, -0.05) is 6.58 Å². The lowest BCUT2D eigenvalue weighted by atomic mass is 10.1. The van der Waals surface area contributed by atoms with Crippen LogP contribution in [-0.2, 0) is 11.8 Å². The molecule has 0 saturated carbocycles. The molecule has 0 atom stereocenters. The van der Waals surface area contributed by atoms with Crippen LogP contribution in [0.15, 0.2) is 49.4 Å². The Morgan fingerprint density at radius 3 is 2.57 bits per heavy atom. The lowest BCUT2D eigenvalue weighted by Gasteiger charge is -2.35. The van der Waals surface area contributed by atoms with Crippen LogP contribution < -0.4 is 20.3 Å². The van der Waals surface area contributed by atoms with Crippen molar-refractivity contribution in [2.45, 2.75) is 6.92 Å². The normalized spacial score (nSPS) is 14.1. The van der Waals surface area contributed by atoms with Crippen molar-refractivity contribution < 1.29 is 9.53 Å². The largest absolute Gasteiger partial charge is 0.494 e. The molecule has 1 amide bonds. The first-order valence-electron chi connectivity index (χ1n) is 12.1. The van der Waals surface area contributed by atoms with Crippen LogP contribution in [0.5, 0.6) is 5.75 Å². The van der Waals surface area contributed by atoms with Crippen LogP contribution in [0.2, 0.25) is 0 Å². The van der Waals surface area contributed by atoms with Gasteiger partial charge in [-0.05, 0) is 37.7 Å². The molecule has 3 aromatic heterocycles. The van der Waals surface area contributed by atoms with E-state index in [1.807, 2.05) is 43.0 Å². The van der Waals surface area contributed by atoms with Crippen LogP contribution in [0.1, 0.15) is 5.56 Å². The van der Waals surface area contributed by atoms with Gasteiger partial charge in [0.05, 0.1) is 47.8 Å². The predicted octanol–water partition coefficient (Wildman–Crippen LogP) is 3.07. The summed E-state index contributed by atoms with van der Waals surface area (Å²) >= 11 is 0. The summed E-state index contributed by atoms with van der Waals surface area (Å²) in [7, 11) is 5.61. The molecular formula is C26H31N9O2. The van der Waals surface area contributed by atoms with Gasteiger partial charge >= 0.3 is 0 Å². The standard InChI is InChI=1S/C26H31N9O2/c1-6-25(36)29-19-12-20(24(37-5)13-22(19)34-9-7-32(3)8-10-34)30-26-27-15-23-17(2)11-21(35(23)31-26)18-14-28-33(4)16-18/h6,11-16H,1,7-10H2,2-5H3,(H,29,36)(H,30,31). The lowest BCUT2D eigenvalue weighted by Crippen LogP contribution is -2.44. The van der Waals surface area contributed by atoms with E-state index in [0.717, 1.165) is 54.2 Å². The smallest absolute Gasteiger partial charge is 0.247 e. The fourth-order valence-electron chi connectivity index (χ4n) is 4.51. The maximum Gasteiger partial charge on any atom is 0.247 e. The molecule has 0 aliphatic carbocycles. The van der Waals surface area contributed by atoms with E-state index in [1.165, 1.54) is 6.08 Å². The summed E-state index contributed by atoms with van der Waals surface area (Å²) in [6.45, 7) is 9.17. The average Bonchev–Trinajstić information content (AvgIpc) is 3.47. The maximum atomic E-state index is 12.3.